The van der Waals surface area contributed by atoms with Crippen molar-refractivity contribution >= 4 is 0 Å². The molecule has 0 radical (unpaired) electrons. The summed E-state index contributed by atoms with van der Waals surface area (Å²) >= 11 is 0. The van der Waals surface area contributed by atoms with Crippen LogP contribution in [0.3, 0.4) is 0 Å². The molecular formula is C15H31NO. The van der Waals surface area contributed by atoms with Crippen LogP contribution in [-0.2, 0) is 4.74 Å². The van der Waals surface area contributed by atoms with Crippen molar-refractivity contribution in [3.8, 4) is 0 Å². The summed E-state index contributed by atoms with van der Waals surface area (Å²) in [7, 11) is 0. The van der Waals surface area contributed by atoms with Gasteiger partial charge < -0.3 is 10.1 Å². The van der Waals surface area contributed by atoms with E-state index in [0.717, 1.165) is 12.5 Å². The molecule has 0 aromatic carbocycles. The topological polar surface area (TPSA) is 21.3 Å². The summed E-state index contributed by atoms with van der Waals surface area (Å²) in [6.07, 6.45) is 6.11. The minimum atomic E-state index is 0.368. The summed E-state index contributed by atoms with van der Waals surface area (Å²) < 4.78 is 6.31. The van der Waals surface area contributed by atoms with Crippen molar-refractivity contribution in [3.05, 3.63) is 0 Å². The van der Waals surface area contributed by atoms with E-state index in [2.05, 4.69) is 39.9 Å². The molecular weight excluding hydrogens is 210 g/mol. The molecule has 1 N–H and O–H groups in total. The fraction of sp³-hybridized carbons (Fsp3) is 1.00. The second kappa shape index (κ2) is 7.38. The van der Waals surface area contributed by atoms with Crippen LogP contribution in [0.4, 0.5) is 0 Å². The van der Waals surface area contributed by atoms with E-state index in [1.54, 1.807) is 0 Å². The van der Waals surface area contributed by atoms with Crippen LogP contribution in [0.15, 0.2) is 0 Å². The van der Waals surface area contributed by atoms with Gasteiger partial charge in [0.2, 0.25) is 0 Å². The predicted octanol–water partition coefficient (Wildman–Crippen LogP) is 3.60. The molecule has 102 valence electrons. The highest BCUT2D eigenvalue weighted by Gasteiger charge is 2.24. The van der Waals surface area contributed by atoms with E-state index in [1.165, 1.54) is 25.7 Å². The smallest absolute Gasteiger partial charge is 0.0726 e. The van der Waals surface area contributed by atoms with Crippen LogP contribution < -0.4 is 5.32 Å². The average molecular weight is 241 g/mol. The fourth-order valence-corrected chi connectivity index (χ4v) is 2.54. The van der Waals surface area contributed by atoms with Crippen LogP contribution in [0, 0.1) is 11.8 Å². The third-order valence-corrected chi connectivity index (χ3v) is 3.73. The molecule has 1 aliphatic carbocycles. The molecule has 0 spiro atoms. The van der Waals surface area contributed by atoms with Gasteiger partial charge in [0.1, 0.15) is 0 Å². The molecule has 0 aromatic heterocycles. The number of hydrogen-bond acceptors (Lipinski definition) is 2. The Labute approximate surface area is 108 Å². The average Bonchev–Trinajstić information content (AvgIpc) is 2.23. The minimum absolute atomic E-state index is 0.368. The zero-order chi connectivity index (χ0) is 12.8. The monoisotopic (exact) mass is 241 g/mol. The van der Waals surface area contributed by atoms with E-state index in [0.29, 0.717) is 24.2 Å². The Balaban J connectivity index is 2.37. The van der Waals surface area contributed by atoms with Gasteiger partial charge in [-0.25, -0.2) is 0 Å². The van der Waals surface area contributed by atoms with Gasteiger partial charge in [0.15, 0.2) is 0 Å². The summed E-state index contributed by atoms with van der Waals surface area (Å²) in [5.41, 5.74) is 0. The highest BCUT2D eigenvalue weighted by atomic mass is 16.5. The quantitative estimate of drug-likeness (QED) is 0.767. The third-order valence-electron chi connectivity index (χ3n) is 3.73. The molecule has 17 heavy (non-hydrogen) atoms. The molecule has 3 unspecified atom stereocenters. The Morgan fingerprint density at radius 1 is 1.18 bits per heavy atom. The molecule has 0 heterocycles. The van der Waals surface area contributed by atoms with Gasteiger partial charge in [0.25, 0.3) is 0 Å². The van der Waals surface area contributed by atoms with Crippen molar-refractivity contribution < 1.29 is 4.74 Å². The van der Waals surface area contributed by atoms with Gasteiger partial charge in [-0.1, -0.05) is 47.5 Å². The molecule has 1 rings (SSSR count). The summed E-state index contributed by atoms with van der Waals surface area (Å²) in [5, 5.41) is 3.50. The van der Waals surface area contributed by atoms with Crippen LogP contribution in [0.5, 0.6) is 0 Å². The lowest BCUT2D eigenvalue weighted by Crippen LogP contribution is -2.39. The molecule has 1 aliphatic rings. The van der Waals surface area contributed by atoms with Crippen LogP contribution in [0.2, 0.25) is 0 Å². The lowest BCUT2D eigenvalue weighted by molar-refractivity contribution is -0.0576. The molecule has 0 aromatic rings. The zero-order valence-electron chi connectivity index (χ0n) is 12.3. The lowest BCUT2D eigenvalue weighted by atomic mass is 9.88. The SMILES string of the molecule is CC1CCCC(OC(CNC(C)C)C(C)C)C1. The molecule has 3 atom stereocenters. The van der Waals surface area contributed by atoms with Gasteiger partial charge in [0, 0.05) is 12.6 Å². The normalized spacial score (nSPS) is 27.7. The minimum Gasteiger partial charge on any atom is -0.373 e. The van der Waals surface area contributed by atoms with Gasteiger partial charge in [-0.2, -0.15) is 0 Å². The van der Waals surface area contributed by atoms with Crippen LogP contribution >= 0.6 is 0 Å². The molecule has 2 nitrogen and oxygen atoms in total. The van der Waals surface area contributed by atoms with Crippen LogP contribution in [0.1, 0.15) is 60.3 Å². The van der Waals surface area contributed by atoms with E-state index in [1.807, 2.05) is 0 Å². The maximum atomic E-state index is 6.31. The highest BCUT2D eigenvalue weighted by Crippen LogP contribution is 2.27. The molecule has 2 heteroatoms. The van der Waals surface area contributed by atoms with E-state index in [-0.39, 0.29) is 0 Å². The van der Waals surface area contributed by atoms with Crippen LogP contribution in [-0.4, -0.2) is 24.8 Å². The van der Waals surface area contributed by atoms with Gasteiger partial charge >= 0.3 is 0 Å². The van der Waals surface area contributed by atoms with E-state index in [9.17, 15) is 0 Å². The molecule has 0 bridgehead atoms. The maximum absolute atomic E-state index is 6.31. The number of hydrogen-bond donors (Lipinski definition) is 1. The Hall–Kier alpha value is -0.0800. The Kier molecular flexibility index (Phi) is 6.50. The molecule has 0 aliphatic heterocycles. The zero-order valence-corrected chi connectivity index (χ0v) is 12.3. The molecule has 1 saturated carbocycles. The number of rotatable bonds is 6. The Morgan fingerprint density at radius 3 is 2.41 bits per heavy atom. The first kappa shape index (κ1) is 15.0. The standard InChI is InChI=1S/C15H31NO/c1-11(2)15(10-16-12(3)4)17-14-8-6-7-13(5)9-14/h11-16H,6-10H2,1-5H3. The summed E-state index contributed by atoms with van der Waals surface area (Å²) in [6, 6.07) is 0.546. The number of nitrogens with one attached hydrogen (secondary N) is 1. The van der Waals surface area contributed by atoms with Crippen LogP contribution in [0.25, 0.3) is 0 Å². The van der Waals surface area contributed by atoms with Gasteiger partial charge in [0.05, 0.1) is 12.2 Å². The van der Waals surface area contributed by atoms with Gasteiger partial charge in [-0.15, -0.1) is 0 Å². The first-order valence-electron chi connectivity index (χ1n) is 7.37. The first-order chi connectivity index (χ1) is 7.99. The predicted molar refractivity (Wildman–Crippen MR) is 74.3 cm³/mol. The summed E-state index contributed by atoms with van der Waals surface area (Å²) in [4.78, 5) is 0. The lowest BCUT2D eigenvalue weighted by Gasteiger charge is -2.32. The van der Waals surface area contributed by atoms with Crippen molar-refractivity contribution in [1.82, 2.24) is 5.32 Å². The van der Waals surface area contributed by atoms with Crippen molar-refractivity contribution in [3.63, 3.8) is 0 Å². The second-order valence-corrected chi connectivity index (χ2v) is 6.38. The largest absolute Gasteiger partial charge is 0.373 e. The number of ether oxygens (including phenoxy) is 1. The van der Waals surface area contributed by atoms with E-state index in [4.69, 9.17) is 4.74 Å². The van der Waals surface area contributed by atoms with Gasteiger partial charge in [-0.3, -0.25) is 0 Å². The fourth-order valence-electron chi connectivity index (χ4n) is 2.54. The molecule has 1 fully saturated rings. The Morgan fingerprint density at radius 2 is 1.88 bits per heavy atom. The van der Waals surface area contributed by atoms with Gasteiger partial charge in [-0.05, 0) is 24.7 Å². The van der Waals surface area contributed by atoms with E-state index < -0.39 is 0 Å². The van der Waals surface area contributed by atoms with Crippen molar-refractivity contribution in [2.75, 3.05) is 6.54 Å². The highest BCUT2D eigenvalue weighted by molar-refractivity contribution is 4.75. The summed E-state index contributed by atoms with van der Waals surface area (Å²) in [5.74, 6) is 1.44. The van der Waals surface area contributed by atoms with Crippen molar-refractivity contribution in [2.24, 2.45) is 11.8 Å². The molecule has 0 amide bonds. The second-order valence-electron chi connectivity index (χ2n) is 6.38. The summed E-state index contributed by atoms with van der Waals surface area (Å²) in [6.45, 7) is 12.3. The first-order valence-corrected chi connectivity index (χ1v) is 7.37. The maximum Gasteiger partial charge on any atom is 0.0726 e. The van der Waals surface area contributed by atoms with Crippen molar-refractivity contribution in [1.29, 1.82) is 0 Å². The van der Waals surface area contributed by atoms with Crippen molar-refractivity contribution in [2.45, 2.75) is 78.6 Å². The third kappa shape index (κ3) is 5.87. The molecule has 0 saturated heterocycles. The Bertz CT molecular complexity index is 203. The van der Waals surface area contributed by atoms with E-state index >= 15 is 0 Å².